The molecular weight excluding hydrogens is 530 g/mol. The van der Waals surface area contributed by atoms with E-state index in [1.54, 1.807) is 56.2 Å². The molecule has 9 nitrogen and oxygen atoms in total. The first kappa shape index (κ1) is 28.9. The minimum absolute atomic E-state index is 0.0116. The highest BCUT2D eigenvalue weighted by molar-refractivity contribution is 7.92. The number of carbonyl (C=O) groups excluding carboxylic acids is 2. The minimum Gasteiger partial charge on any atom is -0.495 e. The largest absolute Gasteiger partial charge is 0.495 e. The monoisotopic (exact) mass is 565 g/mol. The number of para-hydroxylation sites is 2. The van der Waals surface area contributed by atoms with Crippen molar-refractivity contribution in [1.29, 1.82) is 0 Å². The van der Waals surface area contributed by atoms with E-state index in [2.05, 4.69) is 9.62 Å². The number of piperazine rings is 1. The second-order valence-corrected chi connectivity index (χ2v) is 11.5. The lowest BCUT2D eigenvalue weighted by atomic mass is 10.0. The fourth-order valence-corrected chi connectivity index (χ4v) is 5.86. The van der Waals surface area contributed by atoms with Crippen LogP contribution in [-0.4, -0.2) is 65.6 Å². The molecule has 1 saturated heterocycles. The molecule has 0 spiro atoms. The number of esters is 1. The summed E-state index contributed by atoms with van der Waals surface area (Å²) >= 11 is 0. The third-order valence-electron chi connectivity index (χ3n) is 7.09. The molecule has 0 saturated carbocycles. The van der Waals surface area contributed by atoms with Gasteiger partial charge in [0.25, 0.3) is 15.9 Å². The molecule has 1 atom stereocenters. The summed E-state index contributed by atoms with van der Waals surface area (Å²) in [6, 6.07) is 19.2. The predicted octanol–water partition coefficient (Wildman–Crippen LogP) is 4.12. The highest BCUT2D eigenvalue weighted by Gasteiger charge is 2.26. The van der Waals surface area contributed by atoms with Crippen LogP contribution in [0.1, 0.15) is 28.4 Å². The lowest BCUT2D eigenvalue weighted by molar-refractivity contribution is -0.144. The number of hydrogen-bond donors (Lipinski definition) is 1. The summed E-state index contributed by atoms with van der Waals surface area (Å²) in [4.78, 5) is 29.1. The Balaban J connectivity index is 1.44. The van der Waals surface area contributed by atoms with Gasteiger partial charge in [0.1, 0.15) is 5.75 Å². The molecule has 10 heteroatoms. The molecule has 0 aliphatic carbocycles. The third kappa shape index (κ3) is 6.56. The van der Waals surface area contributed by atoms with Gasteiger partial charge in [-0.15, -0.1) is 0 Å². The van der Waals surface area contributed by atoms with E-state index < -0.39 is 10.0 Å². The molecule has 1 heterocycles. The van der Waals surface area contributed by atoms with E-state index in [0.29, 0.717) is 49.4 Å². The van der Waals surface area contributed by atoms with Gasteiger partial charge in [0.15, 0.2) is 0 Å². The van der Waals surface area contributed by atoms with Gasteiger partial charge in [-0.25, -0.2) is 8.42 Å². The Bertz CT molecular complexity index is 1470. The van der Waals surface area contributed by atoms with E-state index in [4.69, 9.17) is 9.47 Å². The number of hydrogen-bond acceptors (Lipinski definition) is 7. The quantitative estimate of drug-likeness (QED) is 0.389. The predicted molar refractivity (Wildman–Crippen MR) is 154 cm³/mol. The number of rotatable bonds is 9. The number of nitrogens with zero attached hydrogens (tertiary/aromatic N) is 2. The lowest BCUT2D eigenvalue weighted by Gasteiger charge is -2.36. The number of nitrogens with one attached hydrogen (secondary N) is 1. The van der Waals surface area contributed by atoms with Crippen LogP contribution in [0.3, 0.4) is 0 Å². The highest BCUT2D eigenvalue weighted by atomic mass is 32.2. The molecule has 3 aromatic carbocycles. The Hall–Kier alpha value is -4.05. The maximum atomic E-state index is 13.5. The molecule has 0 radical (unpaired) electrons. The van der Waals surface area contributed by atoms with Gasteiger partial charge in [-0.2, -0.15) is 0 Å². The molecule has 0 aromatic heterocycles. The second kappa shape index (κ2) is 12.4. The maximum Gasteiger partial charge on any atom is 0.308 e. The second-order valence-electron chi connectivity index (χ2n) is 9.86. The minimum atomic E-state index is -3.94. The number of ether oxygens (including phenoxy) is 2. The normalized spacial score (nSPS) is 14.4. The van der Waals surface area contributed by atoms with Crippen LogP contribution in [0.4, 0.5) is 11.4 Å². The van der Waals surface area contributed by atoms with Crippen LogP contribution < -0.4 is 14.4 Å². The summed E-state index contributed by atoms with van der Waals surface area (Å²) in [5, 5.41) is 0. The Kier molecular flexibility index (Phi) is 8.99. The Morgan fingerprint density at radius 3 is 2.27 bits per heavy atom. The third-order valence-corrected chi connectivity index (χ3v) is 8.47. The van der Waals surface area contributed by atoms with Gasteiger partial charge >= 0.3 is 5.97 Å². The maximum absolute atomic E-state index is 13.5. The van der Waals surface area contributed by atoms with Crippen molar-refractivity contribution in [1.82, 2.24) is 4.90 Å². The molecule has 212 valence electrons. The molecule has 4 rings (SSSR count). The van der Waals surface area contributed by atoms with E-state index in [1.807, 2.05) is 24.3 Å². The van der Waals surface area contributed by atoms with E-state index in [-0.39, 0.29) is 22.7 Å². The Labute approximate surface area is 235 Å². The SMILES string of the molecule is COC(=O)C(C)Cc1ccc(NS(=O)(=O)c2ccc(C)c(C(=O)N3CCN(c4ccccc4OC)CC3)c2)cc1. The van der Waals surface area contributed by atoms with Crippen molar-refractivity contribution in [2.45, 2.75) is 25.2 Å². The smallest absolute Gasteiger partial charge is 0.308 e. The number of benzene rings is 3. The summed E-state index contributed by atoms with van der Waals surface area (Å²) in [5.74, 6) is -0.0137. The van der Waals surface area contributed by atoms with Crippen molar-refractivity contribution in [2.75, 3.05) is 50.0 Å². The van der Waals surface area contributed by atoms with Crippen LogP contribution in [0.2, 0.25) is 0 Å². The van der Waals surface area contributed by atoms with Gasteiger partial charge in [0.05, 0.1) is 30.7 Å². The van der Waals surface area contributed by atoms with Crippen LogP contribution in [0, 0.1) is 12.8 Å². The zero-order valence-electron chi connectivity index (χ0n) is 23.2. The molecule has 1 unspecified atom stereocenters. The van der Waals surface area contributed by atoms with Crippen LogP contribution in [0.5, 0.6) is 5.75 Å². The average Bonchev–Trinajstić information content (AvgIpc) is 2.97. The average molecular weight is 566 g/mol. The number of amides is 1. The standard InChI is InChI=1S/C30H35N3O6S/c1-21-9-14-25(40(36,37)31-24-12-10-23(11-13-24)19-22(2)30(35)39-4)20-26(21)29(34)33-17-15-32(16-18-33)27-7-5-6-8-28(27)38-3/h5-14,20,22,31H,15-19H2,1-4H3. The summed E-state index contributed by atoms with van der Waals surface area (Å²) in [6.45, 7) is 5.87. The van der Waals surface area contributed by atoms with Gasteiger partial charge in [0.2, 0.25) is 0 Å². The first-order chi connectivity index (χ1) is 19.1. The van der Waals surface area contributed by atoms with E-state index in [1.165, 1.54) is 19.2 Å². The molecule has 1 N–H and O–H groups in total. The van der Waals surface area contributed by atoms with Gasteiger partial charge in [-0.3, -0.25) is 14.3 Å². The summed E-state index contributed by atoms with van der Waals surface area (Å²) in [7, 11) is -0.949. The first-order valence-corrected chi connectivity index (χ1v) is 14.6. The van der Waals surface area contributed by atoms with Crippen molar-refractivity contribution < 1.29 is 27.5 Å². The van der Waals surface area contributed by atoms with Crippen LogP contribution in [0.15, 0.2) is 71.6 Å². The van der Waals surface area contributed by atoms with Crippen LogP contribution in [-0.2, 0) is 26.0 Å². The lowest BCUT2D eigenvalue weighted by Crippen LogP contribution is -2.49. The first-order valence-electron chi connectivity index (χ1n) is 13.1. The Morgan fingerprint density at radius 1 is 0.950 bits per heavy atom. The van der Waals surface area contributed by atoms with E-state index in [9.17, 15) is 18.0 Å². The fraction of sp³-hybridized carbons (Fsp3) is 0.333. The summed E-state index contributed by atoms with van der Waals surface area (Å²) in [5.41, 5.74) is 3.32. The summed E-state index contributed by atoms with van der Waals surface area (Å²) in [6.07, 6.45) is 0.482. The van der Waals surface area contributed by atoms with Crippen molar-refractivity contribution in [2.24, 2.45) is 5.92 Å². The van der Waals surface area contributed by atoms with Crippen LogP contribution in [0.25, 0.3) is 0 Å². The van der Waals surface area contributed by atoms with Crippen LogP contribution >= 0.6 is 0 Å². The Morgan fingerprint density at radius 2 is 1.62 bits per heavy atom. The van der Waals surface area contributed by atoms with Gasteiger partial charge in [-0.1, -0.05) is 37.3 Å². The zero-order chi connectivity index (χ0) is 28.9. The number of anilines is 2. The molecule has 1 aliphatic rings. The van der Waals surface area contributed by atoms with E-state index >= 15 is 0 Å². The molecule has 1 amide bonds. The van der Waals surface area contributed by atoms with Gasteiger partial charge in [0, 0.05) is 37.4 Å². The number of carbonyl (C=O) groups is 2. The van der Waals surface area contributed by atoms with Crippen molar-refractivity contribution in [3.05, 3.63) is 83.4 Å². The van der Waals surface area contributed by atoms with Crippen molar-refractivity contribution in [3.63, 3.8) is 0 Å². The molecule has 40 heavy (non-hydrogen) atoms. The van der Waals surface area contributed by atoms with Gasteiger partial charge < -0.3 is 19.3 Å². The zero-order valence-corrected chi connectivity index (χ0v) is 24.0. The number of sulfonamides is 1. The van der Waals surface area contributed by atoms with E-state index in [0.717, 1.165) is 17.0 Å². The summed E-state index contributed by atoms with van der Waals surface area (Å²) < 4.78 is 39.2. The fourth-order valence-electron chi connectivity index (χ4n) is 4.77. The molecular formula is C30H35N3O6S. The molecule has 0 bridgehead atoms. The molecule has 3 aromatic rings. The molecule has 1 fully saturated rings. The molecule has 1 aliphatic heterocycles. The van der Waals surface area contributed by atoms with Crippen molar-refractivity contribution >= 4 is 33.3 Å². The number of methoxy groups -OCH3 is 2. The number of aryl methyl sites for hydroxylation is 1. The van der Waals surface area contributed by atoms with Crippen molar-refractivity contribution in [3.8, 4) is 5.75 Å². The highest BCUT2D eigenvalue weighted by Crippen LogP contribution is 2.29. The topological polar surface area (TPSA) is 105 Å². The van der Waals surface area contributed by atoms with Gasteiger partial charge in [-0.05, 0) is 60.9 Å².